The molecule has 0 unspecified atom stereocenters. The van der Waals surface area contributed by atoms with Crippen LogP contribution in [0, 0.1) is 0 Å². The minimum atomic E-state index is 0.844. The van der Waals surface area contributed by atoms with Crippen LogP contribution in [0.4, 0.5) is 0 Å². The Labute approximate surface area is 151 Å². The van der Waals surface area contributed by atoms with Crippen molar-refractivity contribution in [3.05, 3.63) is 77.4 Å². The zero-order valence-electron chi connectivity index (χ0n) is 15.1. The van der Waals surface area contributed by atoms with Crippen LogP contribution in [0.1, 0.15) is 23.1 Å². The third kappa shape index (κ3) is 4.20. The molecule has 2 heteroatoms. The molecule has 2 aliphatic rings. The van der Waals surface area contributed by atoms with Crippen molar-refractivity contribution in [1.82, 2.24) is 0 Å². The van der Waals surface area contributed by atoms with E-state index in [0.717, 1.165) is 12.6 Å². The third-order valence-corrected chi connectivity index (χ3v) is 6.04. The summed E-state index contributed by atoms with van der Waals surface area (Å²) in [7, 11) is 0. The first-order chi connectivity index (χ1) is 12.4. The van der Waals surface area contributed by atoms with E-state index in [1.165, 1.54) is 51.0 Å². The monoisotopic (exact) mass is 334 g/mol. The number of fused-ring (bicyclic) bond motifs is 1. The predicted molar refractivity (Wildman–Crippen MR) is 104 cm³/mol. The Hall–Kier alpha value is -1.90. The fraction of sp³-hybridized carbons (Fsp3) is 0.391. The van der Waals surface area contributed by atoms with E-state index in [1.54, 1.807) is 16.0 Å². The first kappa shape index (κ1) is 16.6. The molecule has 1 heterocycles. The number of quaternary nitrogens is 2. The van der Waals surface area contributed by atoms with E-state index in [4.69, 9.17) is 0 Å². The first-order valence-electron chi connectivity index (χ1n) is 9.85. The molecule has 1 fully saturated rings. The van der Waals surface area contributed by atoms with Gasteiger partial charge in [0.2, 0.25) is 0 Å². The van der Waals surface area contributed by atoms with E-state index in [1.807, 2.05) is 4.90 Å². The Bertz CT molecular complexity index is 699. The second-order valence-corrected chi connectivity index (χ2v) is 7.63. The van der Waals surface area contributed by atoms with Crippen LogP contribution in [0.25, 0.3) is 6.08 Å². The molecule has 0 bridgehead atoms. The van der Waals surface area contributed by atoms with Gasteiger partial charge in [-0.05, 0) is 29.2 Å². The lowest BCUT2D eigenvalue weighted by atomic mass is 9.87. The van der Waals surface area contributed by atoms with Crippen LogP contribution in [-0.4, -0.2) is 38.8 Å². The molecule has 25 heavy (non-hydrogen) atoms. The third-order valence-electron chi connectivity index (χ3n) is 6.04. The van der Waals surface area contributed by atoms with Gasteiger partial charge in [0.25, 0.3) is 0 Å². The van der Waals surface area contributed by atoms with Crippen LogP contribution >= 0.6 is 0 Å². The van der Waals surface area contributed by atoms with E-state index in [0.29, 0.717) is 0 Å². The van der Waals surface area contributed by atoms with Crippen molar-refractivity contribution in [2.75, 3.05) is 32.7 Å². The molecule has 1 aliphatic carbocycles. The van der Waals surface area contributed by atoms with Crippen LogP contribution in [0.2, 0.25) is 0 Å². The Morgan fingerprint density at radius 1 is 0.840 bits per heavy atom. The van der Waals surface area contributed by atoms with Crippen molar-refractivity contribution < 1.29 is 9.80 Å². The second kappa shape index (κ2) is 7.99. The Balaban J connectivity index is 1.26. The van der Waals surface area contributed by atoms with E-state index in [2.05, 4.69) is 66.7 Å². The normalized spacial score (nSPS) is 26.5. The van der Waals surface area contributed by atoms with Gasteiger partial charge in [0.15, 0.2) is 0 Å². The molecule has 0 spiro atoms. The molecule has 2 aromatic rings. The summed E-state index contributed by atoms with van der Waals surface area (Å²) in [6.07, 6.45) is 8.56. The molecule has 0 aromatic heterocycles. The summed E-state index contributed by atoms with van der Waals surface area (Å²) in [5.74, 6) is 0. The Morgan fingerprint density at radius 3 is 2.36 bits per heavy atom. The molecule has 1 aliphatic heterocycles. The molecule has 4 rings (SSSR count). The van der Waals surface area contributed by atoms with E-state index < -0.39 is 0 Å². The molecule has 0 saturated carbocycles. The summed E-state index contributed by atoms with van der Waals surface area (Å²) in [6, 6.07) is 20.6. The lowest BCUT2D eigenvalue weighted by Gasteiger charge is -2.36. The highest BCUT2D eigenvalue weighted by Gasteiger charge is 2.31. The standard InChI is InChI=1S/C23H28N2/c1-2-7-20(8-3-1)9-6-14-24-15-17-25(18-16-24)23-13-12-21-10-4-5-11-22(21)19-23/h1-11,23H,12-19H2/p+2/b9-6+/t23-/m1/s1. The van der Waals surface area contributed by atoms with Crippen molar-refractivity contribution >= 4 is 6.08 Å². The summed E-state index contributed by atoms with van der Waals surface area (Å²) in [5, 5.41) is 0. The topological polar surface area (TPSA) is 8.88 Å². The Morgan fingerprint density at radius 2 is 1.56 bits per heavy atom. The summed E-state index contributed by atoms with van der Waals surface area (Å²) in [6.45, 7) is 6.46. The minimum absolute atomic E-state index is 0.844. The van der Waals surface area contributed by atoms with E-state index in [-0.39, 0.29) is 0 Å². The minimum Gasteiger partial charge on any atom is -0.323 e. The summed E-state index contributed by atoms with van der Waals surface area (Å²) in [4.78, 5) is 3.59. The zero-order valence-corrected chi connectivity index (χ0v) is 15.1. The van der Waals surface area contributed by atoms with Crippen LogP contribution in [0.15, 0.2) is 60.7 Å². The molecule has 2 nitrogen and oxygen atoms in total. The smallest absolute Gasteiger partial charge is 0.127 e. The number of hydrogen-bond donors (Lipinski definition) is 2. The van der Waals surface area contributed by atoms with Crippen LogP contribution in [0.5, 0.6) is 0 Å². The molecule has 0 amide bonds. The lowest BCUT2D eigenvalue weighted by Crippen LogP contribution is -3.29. The van der Waals surface area contributed by atoms with Crippen molar-refractivity contribution in [3.8, 4) is 0 Å². The molecule has 2 N–H and O–H groups in total. The maximum absolute atomic E-state index is 2.35. The van der Waals surface area contributed by atoms with Gasteiger partial charge in [0.1, 0.15) is 26.2 Å². The van der Waals surface area contributed by atoms with Gasteiger partial charge in [-0.25, -0.2) is 0 Å². The van der Waals surface area contributed by atoms with Crippen LogP contribution in [-0.2, 0) is 12.8 Å². The molecular weight excluding hydrogens is 304 g/mol. The van der Waals surface area contributed by atoms with Gasteiger partial charge in [0, 0.05) is 12.8 Å². The molecule has 1 saturated heterocycles. The van der Waals surface area contributed by atoms with E-state index in [9.17, 15) is 0 Å². The molecule has 1 atom stereocenters. The molecular formula is C23H30N2+2. The largest absolute Gasteiger partial charge is 0.323 e. The highest BCUT2D eigenvalue weighted by molar-refractivity contribution is 5.48. The summed E-state index contributed by atoms with van der Waals surface area (Å²) in [5.41, 5.74) is 4.51. The predicted octanol–water partition coefficient (Wildman–Crippen LogP) is 1.04. The van der Waals surface area contributed by atoms with E-state index >= 15 is 0 Å². The van der Waals surface area contributed by atoms with Crippen LogP contribution < -0.4 is 9.80 Å². The van der Waals surface area contributed by atoms with Gasteiger partial charge in [0.05, 0.1) is 12.6 Å². The van der Waals surface area contributed by atoms with Gasteiger partial charge in [-0.3, -0.25) is 0 Å². The van der Waals surface area contributed by atoms with Gasteiger partial charge in [-0.15, -0.1) is 0 Å². The molecule has 0 radical (unpaired) electrons. The average molecular weight is 335 g/mol. The highest BCUT2D eigenvalue weighted by Crippen LogP contribution is 2.19. The summed E-state index contributed by atoms with van der Waals surface area (Å²) >= 11 is 0. The number of aryl methyl sites for hydroxylation is 1. The van der Waals surface area contributed by atoms with Crippen molar-refractivity contribution in [2.45, 2.75) is 25.3 Å². The number of piperazine rings is 1. The highest BCUT2D eigenvalue weighted by atomic mass is 15.3. The number of hydrogen-bond acceptors (Lipinski definition) is 0. The SMILES string of the molecule is C(=C\c1ccccc1)/C[NH+]1CC[NH+]([C@@H]2CCc3ccccc3C2)CC1. The quantitative estimate of drug-likeness (QED) is 0.827. The van der Waals surface area contributed by atoms with Crippen molar-refractivity contribution in [1.29, 1.82) is 0 Å². The maximum Gasteiger partial charge on any atom is 0.127 e. The molecule has 130 valence electrons. The first-order valence-corrected chi connectivity index (χ1v) is 9.85. The zero-order chi connectivity index (χ0) is 16.9. The fourth-order valence-electron chi connectivity index (χ4n) is 4.51. The number of nitrogens with one attached hydrogen (secondary N) is 2. The van der Waals surface area contributed by atoms with Crippen LogP contribution in [0.3, 0.4) is 0 Å². The maximum atomic E-state index is 2.35. The number of benzene rings is 2. The van der Waals surface area contributed by atoms with Gasteiger partial charge in [-0.1, -0.05) is 60.7 Å². The average Bonchev–Trinajstić information content (AvgIpc) is 2.69. The fourth-order valence-corrected chi connectivity index (χ4v) is 4.51. The van der Waals surface area contributed by atoms with Crippen molar-refractivity contribution in [3.63, 3.8) is 0 Å². The summed E-state index contributed by atoms with van der Waals surface area (Å²) < 4.78 is 0. The Kier molecular flexibility index (Phi) is 5.29. The van der Waals surface area contributed by atoms with Crippen molar-refractivity contribution in [2.24, 2.45) is 0 Å². The molecule has 2 aromatic carbocycles. The number of rotatable bonds is 4. The van der Waals surface area contributed by atoms with Gasteiger partial charge < -0.3 is 9.80 Å². The van der Waals surface area contributed by atoms with Gasteiger partial charge >= 0.3 is 0 Å². The van der Waals surface area contributed by atoms with Gasteiger partial charge in [-0.2, -0.15) is 0 Å². The lowest BCUT2D eigenvalue weighted by molar-refractivity contribution is -1.02. The second-order valence-electron chi connectivity index (χ2n) is 7.63.